The van der Waals surface area contributed by atoms with Crippen LogP contribution in [-0.2, 0) is 6.61 Å². The fourth-order valence-electron chi connectivity index (χ4n) is 2.14. The third-order valence-corrected chi connectivity index (χ3v) is 4.79. The monoisotopic (exact) mass is 448 g/mol. The number of hydrazone groups is 1. The number of hydrogen-bond acceptors (Lipinski definition) is 3. The molecule has 1 N–H and O–H groups in total. The maximum atomic E-state index is 5.97. The average Bonchev–Trinajstić information content (AvgIpc) is 2.65. The molecule has 3 nitrogen and oxygen atoms in total. The van der Waals surface area contributed by atoms with Crippen molar-refractivity contribution < 1.29 is 4.74 Å². The van der Waals surface area contributed by atoms with Gasteiger partial charge in [-0.2, -0.15) is 5.10 Å². The summed E-state index contributed by atoms with van der Waals surface area (Å²) in [6.45, 7) is 0.527. The zero-order valence-electron chi connectivity index (χ0n) is 13.6. The number of nitrogens with one attached hydrogen (secondary N) is 1. The van der Waals surface area contributed by atoms with E-state index < -0.39 is 0 Å². The summed E-state index contributed by atoms with van der Waals surface area (Å²) >= 11 is 15.3. The van der Waals surface area contributed by atoms with Crippen LogP contribution in [0.5, 0.6) is 5.75 Å². The molecule has 132 valence electrons. The molecule has 3 rings (SSSR count). The summed E-state index contributed by atoms with van der Waals surface area (Å²) < 4.78 is 6.84. The van der Waals surface area contributed by atoms with Crippen LogP contribution in [0.3, 0.4) is 0 Å². The second kappa shape index (κ2) is 9.08. The van der Waals surface area contributed by atoms with Gasteiger partial charge in [0.25, 0.3) is 0 Å². The molecule has 6 heteroatoms. The molecule has 0 fully saturated rings. The Kier molecular flexibility index (Phi) is 6.56. The fraction of sp³-hybridized carbons (Fsp3) is 0.0500. The van der Waals surface area contributed by atoms with Crippen molar-refractivity contribution in [1.29, 1.82) is 0 Å². The quantitative estimate of drug-likeness (QED) is 0.332. The highest BCUT2D eigenvalue weighted by atomic mass is 79.9. The van der Waals surface area contributed by atoms with Crippen molar-refractivity contribution in [1.82, 2.24) is 0 Å². The third-order valence-electron chi connectivity index (χ3n) is 3.53. The van der Waals surface area contributed by atoms with E-state index >= 15 is 0 Å². The Bertz CT molecular complexity index is 897. The Hall–Kier alpha value is -2.01. The third kappa shape index (κ3) is 5.49. The zero-order valence-corrected chi connectivity index (χ0v) is 16.7. The summed E-state index contributed by atoms with van der Waals surface area (Å²) in [5.74, 6) is 0.808. The lowest BCUT2D eigenvalue weighted by molar-refractivity contribution is 0.306. The van der Waals surface area contributed by atoms with Crippen LogP contribution in [0.25, 0.3) is 0 Å². The van der Waals surface area contributed by atoms with Crippen LogP contribution in [-0.4, -0.2) is 6.21 Å². The zero-order chi connectivity index (χ0) is 18.4. The molecule has 0 aromatic heterocycles. The number of halogens is 3. The van der Waals surface area contributed by atoms with Crippen LogP contribution < -0.4 is 10.2 Å². The SMILES string of the molecule is Clc1ccc(NN=Cc2ccc(OCc3ccc(Br)cc3)cc2)cc1Cl. The van der Waals surface area contributed by atoms with E-state index in [0.717, 1.165) is 27.0 Å². The van der Waals surface area contributed by atoms with Crippen molar-refractivity contribution in [2.24, 2.45) is 5.10 Å². The molecule has 0 saturated heterocycles. The summed E-state index contributed by atoms with van der Waals surface area (Å²) in [6, 6.07) is 21.0. The minimum Gasteiger partial charge on any atom is -0.489 e. The molecule has 0 aliphatic heterocycles. The Balaban J connectivity index is 1.53. The van der Waals surface area contributed by atoms with E-state index in [0.29, 0.717) is 16.7 Å². The molecule has 3 aromatic rings. The van der Waals surface area contributed by atoms with Crippen LogP contribution in [0.15, 0.2) is 76.3 Å². The molecule has 0 heterocycles. The van der Waals surface area contributed by atoms with Gasteiger partial charge in [-0.15, -0.1) is 0 Å². The summed E-state index contributed by atoms with van der Waals surface area (Å²) in [4.78, 5) is 0. The highest BCUT2D eigenvalue weighted by Crippen LogP contribution is 2.25. The van der Waals surface area contributed by atoms with Gasteiger partial charge in [0.2, 0.25) is 0 Å². The first-order chi connectivity index (χ1) is 12.6. The topological polar surface area (TPSA) is 33.6 Å². The van der Waals surface area contributed by atoms with E-state index in [1.54, 1.807) is 18.3 Å². The molecular weight excluding hydrogens is 435 g/mol. The second-order valence-electron chi connectivity index (χ2n) is 5.48. The van der Waals surface area contributed by atoms with Crippen molar-refractivity contribution in [2.75, 3.05) is 5.43 Å². The first kappa shape index (κ1) is 18.8. The predicted octanol–water partition coefficient (Wildman–Crippen LogP) is 6.78. The lowest BCUT2D eigenvalue weighted by atomic mass is 10.2. The number of hydrogen-bond donors (Lipinski definition) is 1. The smallest absolute Gasteiger partial charge is 0.119 e. The molecule has 0 saturated carbocycles. The summed E-state index contributed by atoms with van der Waals surface area (Å²) in [5.41, 5.74) is 5.75. The van der Waals surface area contributed by atoms with Gasteiger partial charge in [0.15, 0.2) is 0 Å². The first-order valence-corrected chi connectivity index (χ1v) is 9.36. The van der Waals surface area contributed by atoms with Crippen molar-refractivity contribution in [3.05, 3.63) is 92.4 Å². The van der Waals surface area contributed by atoms with Crippen LogP contribution in [0.4, 0.5) is 5.69 Å². The molecule has 0 aliphatic rings. The summed E-state index contributed by atoms with van der Waals surface area (Å²) in [6.07, 6.45) is 1.72. The highest BCUT2D eigenvalue weighted by Gasteiger charge is 1.99. The van der Waals surface area contributed by atoms with E-state index in [9.17, 15) is 0 Å². The number of benzene rings is 3. The van der Waals surface area contributed by atoms with Gasteiger partial charge >= 0.3 is 0 Å². The minimum atomic E-state index is 0.485. The molecule has 26 heavy (non-hydrogen) atoms. The van der Waals surface area contributed by atoms with Crippen LogP contribution in [0.1, 0.15) is 11.1 Å². The van der Waals surface area contributed by atoms with Gasteiger partial charge in [0.1, 0.15) is 12.4 Å². The molecule has 0 spiro atoms. The van der Waals surface area contributed by atoms with E-state index in [1.807, 2.05) is 54.6 Å². The van der Waals surface area contributed by atoms with Gasteiger partial charge in [-0.3, -0.25) is 5.43 Å². The average molecular weight is 450 g/mol. The number of ether oxygens (including phenoxy) is 1. The van der Waals surface area contributed by atoms with Crippen molar-refractivity contribution in [3.63, 3.8) is 0 Å². The lowest BCUT2D eigenvalue weighted by Crippen LogP contribution is -1.95. The van der Waals surface area contributed by atoms with E-state index in [4.69, 9.17) is 27.9 Å². The van der Waals surface area contributed by atoms with Crippen molar-refractivity contribution in [2.45, 2.75) is 6.61 Å². The largest absolute Gasteiger partial charge is 0.489 e. The lowest BCUT2D eigenvalue weighted by Gasteiger charge is -2.06. The Morgan fingerprint density at radius 1 is 0.923 bits per heavy atom. The van der Waals surface area contributed by atoms with Gasteiger partial charge in [0.05, 0.1) is 21.9 Å². The van der Waals surface area contributed by atoms with Crippen LogP contribution in [0, 0.1) is 0 Å². The Morgan fingerprint density at radius 2 is 1.65 bits per heavy atom. The van der Waals surface area contributed by atoms with Gasteiger partial charge in [-0.25, -0.2) is 0 Å². The summed E-state index contributed by atoms with van der Waals surface area (Å²) in [5, 5.41) is 5.19. The van der Waals surface area contributed by atoms with Gasteiger partial charge in [-0.1, -0.05) is 51.3 Å². The standard InChI is InChI=1S/C20H15BrCl2N2O/c21-16-5-1-15(2-6-16)13-26-18-8-3-14(4-9-18)12-24-25-17-7-10-19(22)20(23)11-17/h1-12,25H,13H2. The Labute approximate surface area is 170 Å². The molecule has 0 bridgehead atoms. The second-order valence-corrected chi connectivity index (χ2v) is 7.21. The van der Waals surface area contributed by atoms with Gasteiger partial charge < -0.3 is 4.74 Å². The Morgan fingerprint density at radius 3 is 2.35 bits per heavy atom. The van der Waals surface area contributed by atoms with Gasteiger partial charge in [-0.05, 0) is 65.7 Å². The first-order valence-electron chi connectivity index (χ1n) is 7.81. The summed E-state index contributed by atoms with van der Waals surface area (Å²) in [7, 11) is 0. The molecular formula is C20H15BrCl2N2O. The van der Waals surface area contributed by atoms with Gasteiger partial charge in [0, 0.05) is 4.47 Å². The minimum absolute atomic E-state index is 0.485. The molecule has 0 unspecified atom stereocenters. The van der Waals surface area contributed by atoms with Crippen molar-refractivity contribution in [3.8, 4) is 5.75 Å². The van der Waals surface area contributed by atoms with E-state index in [-0.39, 0.29) is 0 Å². The van der Waals surface area contributed by atoms with E-state index in [2.05, 4.69) is 26.5 Å². The molecule has 0 atom stereocenters. The van der Waals surface area contributed by atoms with E-state index in [1.165, 1.54) is 0 Å². The molecule has 3 aromatic carbocycles. The van der Waals surface area contributed by atoms with Crippen LogP contribution in [0.2, 0.25) is 10.0 Å². The molecule has 0 amide bonds. The molecule has 0 radical (unpaired) electrons. The number of nitrogens with zero attached hydrogens (tertiary/aromatic N) is 1. The molecule has 0 aliphatic carbocycles. The number of anilines is 1. The normalized spacial score (nSPS) is 10.9. The predicted molar refractivity (Wildman–Crippen MR) is 113 cm³/mol. The highest BCUT2D eigenvalue weighted by molar-refractivity contribution is 9.10. The van der Waals surface area contributed by atoms with Crippen molar-refractivity contribution >= 4 is 51.0 Å². The van der Waals surface area contributed by atoms with Crippen LogP contribution >= 0.6 is 39.1 Å². The fourth-order valence-corrected chi connectivity index (χ4v) is 2.71. The number of rotatable bonds is 6. The maximum absolute atomic E-state index is 5.97. The maximum Gasteiger partial charge on any atom is 0.119 e.